The molecular weight excluding hydrogens is 384 g/mol. The Labute approximate surface area is 176 Å². The summed E-state index contributed by atoms with van der Waals surface area (Å²) in [5.41, 5.74) is 2.71. The number of anilines is 1. The van der Waals surface area contributed by atoms with E-state index < -0.39 is 18.0 Å². The van der Waals surface area contributed by atoms with E-state index >= 15 is 0 Å². The highest BCUT2D eigenvalue weighted by molar-refractivity contribution is 6.00. The first-order valence-electron chi connectivity index (χ1n) is 9.86. The SMILES string of the molecule is COc1ccccc1N1C[C@@H](C(=O)O[C@@H](C)C(=O)NCc2ccc(C)cc2)CC1=O. The number of amides is 2. The molecule has 0 radical (unpaired) electrons. The van der Waals surface area contributed by atoms with E-state index in [4.69, 9.17) is 9.47 Å². The zero-order valence-electron chi connectivity index (χ0n) is 17.4. The molecule has 0 saturated carbocycles. The molecule has 2 amide bonds. The van der Waals surface area contributed by atoms with Crippen LogP contribution in [0.15, 0.2) is 48.5 Å². The Hall–Kier alpha value is -3.35. The lowest BCUT2D eigenvalue weighted by Crippen LogP contribution is -2.37. The van der Waals surface area contributed by atoms with E-state index in [0.29, 0.717) is 18.0 Å². The third kappa shape index (κ3) is 4.97. The molecule has 2 atom stereocenters. The highest BCUT2D eigenvalue weighted by atomic mass is 16.5. The fourth-order valence-corrected chi connectivity index (χ4v) is 3.31. The number of nitrogens with one attached hydrogen (secondary N) is 1. The first-order valence-corrected chi connectivity index (χ1v) is 9.86. The number of aryl methyl sites for hydroxylation is 1. The molecule has 30 heavy (non-hydrogen) atoms. The molecule has 1 heterocycles. The first kappa shape index (κ1) is 21.4. The lowest BCUT2D eigenvalue weighted by atomic mass is 10.1. The normalized spacial score (nSPS) is 16.8. The fourth-order valence-electron chi connectivity index (χ4n) is 3.31. The number of hydrogen-bond donors (Lipinski definition) is 1. The Morgan fingerprint density at radius 2 is 1.87 bits per heavy atom. The van der Waals surface area contributed by atoms with Crippen molar-refractivity contribution >= 4 is 23.5 Å². The topological polar surface area (TPSA) is 84.9 Å². The first-order chi connectivity index (χ1) is 14.4. The van der Waals surface area contributed by atoms with Crippen LogP contribution in [0.4, 0.5) is 5.69 Å². The van der Waals surface area contributed by atoms with Crippen LogP contribution in [0.5, 0.6) is 5.75 Å². The predicted octanol–water partition coefficient (Wildman–Crippen LogP) is 2.60. The van der Waals surface area contributed by atoms with Crippen LogP contribution < -0.4 is 15.0 Å². The third-order valence-electron chi connectivity index (χ3n) is 5.08. The van der Waals surface area contributed by atoms with Crippen LogP contribution in [0.3, 0.4) is 0 Å². The number of esters is 1. The number of ether oxygens (including phenoxy) is 2. The van der Waals surface area contributed by atoms with E-state index in [1.54, 1.807) is 18.2 Å². The smallest absolute Gasteiger partial charge is 0.312 e. The number of carbonyl (C=O) groups excluding carboxylic acids is 3. The summed E-state index contributed by atoms with van der Waals surface area (Å²) in [5.74, 6) is -1.19. The van der Waals surface area contributed by atoms with Gasteiger partial charge in [-0.15, -0.1) is 0 Å². The van der Waals surface area contributed by atoms with E-state index in [0.717, 1.165) is 11.1 Å². The maximum Gasteiger partial charge on any atom is 0.312 e. The van der Waals surface area contributed by atoms with Crippen LogP contribution in [-0.2, 0) is 25.7 Å². The number of rotatable bonds is 7. The minimum absolute atomic E-state index is 0.0363. The molecule has 1 fully saturated rings. The largest absolute Gasteiger partial charge is 0.495 e. The molecule has 2 aromatic carbocycles. The van der Waals surface area contributed by atoms with Crippen molar-refractivity contribution in [2.45, 2.75) is 32.9 Å². The maximum absolute atomic E-state index is 12.5. The third-order valence-corrected chi connectivity index (χ3v) is 5.08. The van der Waals surface area contributed by atoms with E-state index in [1.165, 1.54) is 18.9 Å². The molecule has 7 nitrogen and oxygen atoms in total. The summed E-state index contributed by atoms with van der Waals surface area (Å²) in [6.07, 6.45) is -0.910. The maximum atomic E-state index is 12.5. The van der Waals surface area contributed by atoms with Gasteiger partial charge in [0.25, 0.3) is 5.91 Å². The van der Waals surface area contributed by atoms with Crippen molar-refractivity contribution in [3.63, 3.8) is 0 Å². The number of nitrogens with zero attached hydrogens (tertiary/aromatic N) is 1. The second-order valence-corrected chi connectivity index (χ2v) is 7.36. The number of hydrogen-bond acceptors (Lipinski definition) is 5. The second kappa shape index (κ2) is 9.43. The molecular formula is C23H26N2O5. The number of benzene rings is 2. The van der Waals surface area contributed by atoms with Crippen molar-refractivity contribution in [3.05, 3.63) is 59.7 Å². The molecule has 2 aromatic rings. The molecule has 0 aliphatic carbocycles. The van der Waals surface area contributed by atoms with Crippen LogP contribution >= 0.6 is 0 Å². The average molecular weight is 410 g/mol. The predicted molar refractivity (Wildman–Crippen MR) is 112 cm³/mol. The molecule has 158 valence electrons. The van der Waals surface area contributed by atoms with Crippen LogP contribution in [0.1, 0.15) is 24.5 Å². The van der Waals surface area contributed by atoms with E-state index in [2.05, 4.69) is 5.32 Å². The molecule has 1 aliphatic heterocycles. The van der Waals surface area contributed by atoms with E-state index in [9.17, 15) is 14.4 Å². The molecule has 0 bridgehead atoms. The lowest BCUT2D eigenvalue weighted by Gasteiger charge is -2.20. The minimum atomic E-state index is -0.946. The van der Waals surface area contributed by atoms with Crippen molar-refractivity contribution in [3.8, 4) is 5.75 Å². The van der Waals surface area contributed by atoms with Gasteiger partial charge in [0.15, 0.2) is 6.10 Å². The highest BCUT2D eigenvalue weighted by Gasteiger charge is 2.38. The van der Waals surface area contributed by atoms with Gasteiger partial charge >= 0.3 is 5.97 Å². The lowest BCUT2D eigenvalue weighted by molar-refractivity contribution is -0.158. The Bertz CT molecular complexity index is 925. The Balaban J connectivity index is 1.54. The van der Waals surface area contributed by atoms with Crippen LogP contribution in [0.25, 0.3) is 0 Å². The van der Waals surface area contributed by atoms with E-state index in [1.807, 2.05) is 37.3 Å². The van der Waals surface area contributed by atoms with Crippen LogP contribution in [-0.4, -0.2) is 37.5 Å². The molecule has 0 aromatic heterocycles. The van der Waals surface area contributed by atoms with Gasteiger partial charge in [0.05, 0.1) is 18.7 Å². The van der Waals surface area contributed by atoms with Crippen molar-refractivity contribution in [2.24, 2.45) is 5.92 Å². The van der Waals surface area contributed by atoms with E-state index in [-0.39, 0.29) is 24.8 Å². The Morgan fingerprint density at radius 1 is 1.17 bits per heavy atom. The minimum Gasteiger partial charge on any atom is -0.495 e. The van der Waals surface area contributed by atoms with Crippen molar-refractivity contribution in [1.82, 2.24) is 5.32 Å². The van der Waals surface area contributed by atoms with Gasteiger partial charge in [-0.2, -0.15) is 0 Å². The Kier molecular flexibility index (Phi) is 6.72. The summed E-state index contributed by atoms with van der Waals surface area (Å²) in [7, 11) is 1.53. The van der Waals surface area contributed by atoms with Gasteiger partial charge in [-0.05, 0) is 31.5 Å². The van der Waals surface area contributed by atoms with Gasteiger partial charge in [-0.25, -0.2) is 0 Å². The van der Waals surface area contributed by atoms with Gasteiger partial charge in [-0.3, -0.25) is 14.4 Å². The summed E-state index contributed by atoms with van der Waals surface area (Å²) in [4.78, 5) is 38.8. The molecule has 1 saturated heterocycles. The van der Waals surface area contributed by atoms with Crippen molar-refractivity contribution in [1.29, 1.82) is 0 Å². The monoisotopic (exact) mass is 410 g/mol. The molecule has 0 spiro atoms. The van der Waals surface area contributed by atoms with Crippen LogP contribution in [0, 0.1) is 12.8 Å². The summed E-state index contributed by atoms with van der Waals surface area (Å²) >= 11 is 0. The zero-order valence-corrected chi connectivity index (χ0v) is 17.4. The fraction of sp³-hybridized carbons (Fsp3) is 0.348. The zero-order chi connectivity index (χ0) is 21.7. The number of para-hydroxylation sites is 2. The number of carbonyl (C=O) groups is 3. The molecule has 1 N–H and O–H groups in total. The van der Waals surface area contributed by atoms with Crippen LogP contribution in [0.2, 0.25) is 0 Å². The van der Waals surface area contributed by atoms with Gasteiger partial charge in [0, 0.05) is 19.5 Å². The molecule has 1 aliphatic rings. The summed E-state index contributed by atoms with van der Waals surface area (Å²) in [5, 5.41) is 2.76. The van der Waals surface area contributed by atoms with Gasteiger partial charge in [0.2, 0.25) is 5.91 Å². The molecule has 3 rings (SSSR count). The highest BCUT2D eigenvalue weighted by Crippen LogP contribution is 2.33. The average Bonchev–Trinajstić information content (AvgIpc) is 3.14. The summed E-state index contributed by atoms with van der Waals surface area (Å²) < 4.78 is 10.6. The second-order valence-electron chi connectivity index (χ2n) is 7.36. The van der Waals surface area contributed by atoms with Crippen molar-refractivity contribution < 1.29 is 23.9 Å². The Morgan fingerprint density at radius 3 is 2.57 bits per heavy atom. The summed E-state index contributed by atoms with van der Waals surface area (Å²) in [6, 6.07) is 14.9. The summed E-state index contributed by atoms with van der Waals surface area (Å²) in [6.45, 7) is 4.06. The van der Waals surface area contributed by atoms with Crippen molar-refractivity contribution in [2.75, 3.05) is 18.6 Å². The molecule has 7 heteroatoms. The number of methoxy groups -OCH3 is 1. The van der Waals surface area contributed by atoms with Gasteiger partial charge < -0.3 is 19.7 Å². The van der Waals surface area contributed by atoms with Gasteiger partial charge in [0.1, 0.15) is 5.75 Å². The molecule has 0 unspecified atom stereocenters. The quantitative estimate of drug-likeness (QED) is 0.710. The van der Waals surface area contributed by atoms with Gasteiger partial charge in [-0.1, -0.05) is 42.0 Å². The standard InChI is InChI=1S/C23H26N2O5/c1-15-8-10-17(11-9-15)13-24-22(27)16(2)30-23(28)18-12-21(26)25(14-18)19-6-4-5-7-20(19)29-3/h4-11,16,18H,12-14H2,1-3H3,(H,24,27)/t16-,18-/m0/s1.